The molecule has 2 aromatic heterocycles. The van der Waals surface area contributed by atoms with Gasteiger partial charge in [0.15, 0.2) is 17.3 Å². The molecule has 0 aliphatic carbocycles. The Labute approximate surface area is 268 Å². The standard InChI is InChI=1S/C27H20Cl2F8N4O2S2/c1-5-19-23(11(3)40(38-19)21-15(28)7-13(9-17(21)30)26(32,33)34)44-45-24-12(4)41(39-20(24)25(42)43-6-2)22-16(29)8-14(10-18(22)31)27(35,36)37/h7-10H,5-6H2,1-4H3. The van der Waals surface area contributed by atoms with Crippen LogP contribution in [0.15, 0.2) is 34.1 Å². The van der Waals surface area contributed by atoms with Crippen LogP contribution in [0, 0.1) is 25.5 Å². The Balaban J connectivity index is 1.79. The first-order valence-electron chi connectivity index (χ1n) is 12.7. The summed E-state index contributed by atoms with van der Waals surface area (Å²) in [4.78, 5) is 13.4. The third-order valence-corrected chi connectivity index (χ3v) is 9.58. The number of carbonyl (C=O) groups is 1. The molecule has 0 bridgehead atoms. The topological polar surface area (TPSA) is 61.9 Å². The zero-order chi connectivity index (χ0) is 33.6. The fourth-order valence-electron chi connectivity index (χ4n) is 4.19. The number of alkyl halides is 6. The zero-order valence-corrected chi connectivity index (χ0v) is 26.6. The number of hydrogen-bond acceptors (Lipinski definition) is 6. The summed E-state index contributed by atoms with van der Waals surface area (Å²) in [5.41, 5.74) is -3.00. The predicted molar refractivity (Wildman–Crippen MR) is 154 cm³/mol. The number of nitrogens with zero attached hydrogens (tertiary/aromatic N) is 4. The molecule has 0 N–H and O–H groups in total. The number of benzene rings is 2. The van der Waals surface area contributed by atoms with E-state index in [2.05, 4.69) is 10.2 Å². The Morgan fingerprint density at radius 1 is 0.800 bits per heavy atom. The number of esters is 1. The monoisotopic (exact) mass is 718 g/mol. The fourth-order valence-corrected chi connectivity index (χ4v) is 7.58. The van der Waals surface area contributed by atoms with Gasteiger partial charge in [-0.05, 0) is 73.0 Å². The number of aromatic nitrogens is 4. The number of carbonyl (C=O) groups excluding carboxylic acids is 1. The van der Waals surface area contributed by atoms with Gasteiger partial charge in [0.05, 0.1) is 54.7 Å². The third-order valence-electron chi connectivity index (χ3n) is 6.31. The van der Waals surface area contributed by atoms with E-state index in [1.165, 1.54) is 20.8 Å². The fraction of sp³-hybridized carbons (Fsp3) is 0.296. The van der Waals surface area contributed by atoms with Gasteiger partial charge < -0.3 is 4.74 Å². The third kappa shape index (κ3) is 6.93. The highest BCUT2D eigenvalue weighted by molar-refractivity contribution is 8.76. The molecule has 4 aromatic rings. The lowest BCUT2D eigenvalue weighted by molar-refractivity contribution is -0.138. The Morgan fingerprint density at radius 3 is 1.67 bits per heavy atom. The summed E-state index contributed by atoms with van der Waals surface area (Å²) >= 11 is 12.1. The highest BCUT2D eigenvalue weighted by Gasteiger charge is 2.35. The van der Waals surface area contributed by atoms with Gasteiger partial charge in [0.1, 0.15) is 11.4 Å². The summed E-state index contributed by atoms with van der Waals surface area (Å²) in [5, 5.41) is 7.31. The maximum Gasteiger partial charge on any atom is 0.416 e. The van der Waals surface area contributed by atoms with Crippen molar-refractivity contribution in [2.24, 2.45) is 0 Å². The normalized spacial score (nSPS) is 12.2. The van der Waals surface area contributed by atoms with Crippen LogP contribution in [0.4, 0.5) is 35.1 Å². The smallest absolute Gasteiger partial charge is 0.416 e. The van der Waals surface area contributed by atoms with Gasteiger partial charge in [0.25, 0.3) is 0 Å². The van der Waals surface area contributed by atoms with Crippen LogP contribution in [0.1, 0.15) is 52.5 Å². The Kier molecular flexibility index (Phi) is 10.1. The molecule has 0 unspecified atom stereocenters. The van der Waals surface area contributed by atoms with Gasteiger partial charge in [-0.25, -0.2) is 22.9 Å². The first kappa shape index (κ1) is 34.9. The molecular weight excluding hydrogens is 699 g/mol. The highest BCUT2D eigenvalue weighted by atomic mass is 35.5. The molecule has 18 heteroatoms. The molecule has 0 saturated carbocycles. The Bertz CT molecular complexity index is 1740. The summed E-state index contributed by atoms with van der Waals surface area (Å²) in [6.45, 7) is 6.17. The minimum absolute atomic E-state index is 0.0529. The number of rotatable bonds is 8. The van der Waals surface area contributed by atoms with Crippen molar-refractivity contribution in [1.82, 2.24) is 19.6 Å². The number of ether oxygens (including phenoxy) is 1. The number of halogens is 10. The second-order valence-electron chi connectivity index (χ2n) is 9.26. The van der Waals surface area contributed by atoms with Crippen LogP contribution in [0.2, 0.25) is 10.0 Å². The van der Waals surface area contributed by atoms with E-state index >= 15 is 4.39 Å². The molecule has 0 fully saturated rings. The maximum absolute atomic E-state index is 15.0. The van der Waals surface area contributed by atoms with Gasteiger partial charge in [-0.3, -0.25) is 0 Å². The van der Waals surface area contributed by atoms with E-state index in [9.17, 15) is 35.5 Å². The Hall–Kier alpha value is -2.95. The van der Waals surface area contributed by atoms with Crippen molar-refractivity contribution < 1.29 is 44.7 Å². The highest BCUT2D eigenvalue weighted by Crippen LogP contribution is 2.46. The van der Waals surface area contributed by atoms with Crippen molar-refractivity contribution in [2.45, 2.75) is 56.3 Å². The number of aryl methyl sites for hydroxylation is 1. The molecule has 2 aromatic carbocycles. The van der Waals surface area contributed by atoms with Gasteiger partial charge in [-0.15, -0.1) is 0 Å². The molecule has 0 aliphatic rings. The summed E-state index contributed by atoms with van der Waals surface area (Å²) in [7, 11) is 1.96. The molecule has 242 valence electrons. The van der Waals surface area contributed by atoms with Gasteiger partial charge in [0.2, 0.25) is 0 Å². The summed E-state index contributed by atoms with van der Waals surface area (Å²) < 4.78 is 116. The largest absolute Gasteiger partial charge is 0.461 e. The molecule has 0 atom stereocenters. The molecule has 0 spiro atoms. The van der Waals surface area contributed by atoms with Crippen LogP contribution in [0.5, 0.6) is 0 Å². The van der Waals surface area contributed by atoms with Gasteiger partial charge >= 0.3 is 18.3 Å². The van der Waals surface area contributed by atoms with Gasteiger partial charge in [-0.2, -0.15) is 36.5 Å². The molecule has 6 nitrogen and oxygen atoms in total. The number of hydrogen-bond donors (Lipinski definition) is 0. The van der Waals surface area contributed by atoms with E-state index in [0.29, 0.717) is 40.9 Å². The van der Waals surface area contributed by atoms with E-state index in [-0.39, 0.29) is 29.0 Å². The average molecular weight is 720 g/mol. The van der Waals surface area contributed by atoms with Crippen LogP contribution in [-0.4, -0.2) is 32.1 Å². The molecule has 0 saturated heterocycles. The molecule has 0 amide bonds. The van der Waals surface area contributed by atoms with Crippen molar-refractivity contribution in [1.29, 1.82) is 0 Å². The SMILES string of the molecule is CCOC(=O)c1nn(-c2c(F)cc(C(F)(F)F)cc2Cl)c(C)c1SSc1c(CC)nn(-c2c(F)cc(C(F)(F)F)cc2Cl)c1C. The van der Waals surface area contributed by atoms with Gasteiger partial charge in [-0.1, -0.05) is 30.1 Å². The first-order valence-corrected chi connectivity index (χ1v) is 15.6. The van der Waals surface area contributed by atoms with Crippen LogP contribution in [-0.2, 0) is 23.5 Å². The van der Waals surface area contributed by atoms with Crippen molar-refractivity contribution >= 4 is 50.8 Å². The second kappa shape index (κ2) is 13.0. The lowest BCUT2D eigenvalue weighted by Gasteiger charge is -2.13. The van der Waals surface area contributed by atoms with E-state index in [4.69, 9.17) is 27.9 Å². The van der Waals surface area contributed by atoms with Crippen molar-refractivity contribution in [2.75, 3.05) is 6.61 Å². The van der Waals surface area contributed by atoms with E-state index < -0.39 is 62.5 Å². The first-order chi connectivity index (χ1) is 20.9. The Morgan fingerprint density at radius 2 is 1.24 bits per heavy atom. The predicted octanol–water partition coefficient (Wildman–Crippen LogP) is 9.84. The summed E-state index contributed by atoms with van der Waals surface area (Å²) in [6, 6.07) is 1.68. The molecule has 0 radical (unpaired) electrons. The minimum atomic E-state index is -4.87. The van der Waals surface area contributed by atoms with E-state index in [1.807, 2.05) is 0 Å². The maximum atomic E-state index is 15.0. The van der Waals surface area contributed by atoms with Crippen molar-refractivity contribution in [3.05, 3.63) is 79.8 Å². The van der Waals surface area contributed by atoms with E-state index in [1.54, 1.807) is 6.92 Å². The average Bonchev–Trinajstić information content (AvgIpc) is 3.41. The summed E-state index contributed by atoms with van der Waals surface area (Å²) in [5.74, 6) is -3.52. The van der Waals surface area contributed by atoms with E-state index in [0.717, 1.165) is 31.0 Å². The lowest BCUT2D eigenvalue weighted by atomic mass is 10.2. The molecule has 4 rings (SSSR count). The van der Waals surface area contributed by atoms with Crippen molar-refractivity contribution in [3.63, 3.8) is 0 Å². The van der Waals surface area contributed by atoms with Crippen LogP contribution >= 0.6 is 44.8 Å². The van der Waals surface area contributed by atoms with Crippen LogP contribution in [0.3, 0.4) is 0 Å². The minimum Gasteiger partial charge on any atom is -0.461 e. The molecule has 0 aliphatic heterocycles. The molecule has 45 heavy (non-hydrogen) atoms. The lowest BCUT2D eigenvalue weighted by Crippen LogP contribution is -2.10. The quantitative estimate of drug-likeness (QED) is 0.103. The molecule has 2 heterocycles. The van der Waals surface area contributed by atoms with Crippen molar-refractivity contribution in [3.8, 4) is 11.4 Å². The summed E-state index contributed by atoms with van der Waals surface area (Å²) in [6.07, 6.45) is -9.41. The zero-order valence-electron chi connectivity index (χ0n) is 23.4. The van der Waals surface area contributed by atoms with Crippen LogP contribution < -0.4 is 0 Å². The van der Waals surface area contributed by atoms with Crippen LogP contribution in [0.25, 0.3) is 11.4 Å². The molecular formula is C27H20Cl2F8N4O2S2. The van der Waals surface area contributed by atoms with Gasteiger partial charge in [0, 0.05) is 0 Å². The second-order valence-corrected chi connectivity index (χ2v) is 12.2.